The summed E-state index contributed by atoms with van der Waals surface area (Å²) in [4.78, 5) is 14.1. The van der Waals surface area contributed by atoms with Gasteiger partial charge in [0.05, 0.1) is 7.11 Å². The van der Waals surface area contributed by atoms with Crippen LogP contribution in [0.4, 0.5) is 4.39 Å². The third-order valence-corrected chi connectivity index (χ3v) is 3.55. The van der Waals surface area contributed by atoms with Gasteiger partial charge in [0.25, 0.3) is 5.91 Å². The minimum absolute atomic E-state index is 0. The second-order valence-electron chi connectivity index (χ2n) is 4.81. The highest BCUT2D eigenvalue weighted by Gasteiger charge is 2.27. The summed E-state index contributed by atoms with van der Waals surface area (Å²) in [6, 6.07) is 4.41. The topological polar surface area (TPSA) is 55.6 Å². The Hall–Kier alpha value is -1.33. The standard InChI is InChI=1S/C14H19FN2O2.ClH/c1-19-12-6-2-5-11(15)13(12)14(18)17-7-3-4-10(8-16)9-17;/h2,5-6,10H,3-4,7-9,16H2,1H3;1H. The minimum atomic E-state index is -0.542. The van der Waals surface area contributed by atoms with Crippen molar-refractivity contribution < 1.29 is 13.9 Å². The van der Waals surface area contributed by atoms with Gasteiger partial charge in [-0.15, -0.1) is 12.4 Å². The van der Waals surface area contributed by atoms with Crippen molar-refractivity contribution in [1.82, 2.24) is 4.90 Å². The van der Waals surface area contributed by atoms with Crippen molar-refractivity contribution >= 4 is 18.3 Å². The maximum absolute atomic E-state index is 13.9. The number of likely N-dealkylation sites (tertiary alicyclic amines) is 1. The van der Waals surface area contributed by atoms with E-state index in [1.807, 2.05) is 0 Å². The maximum atomic E-state index is 13.9. The van der Waals surface area contributed by atoms with Crippen LogP contribution in [-0.4, -0.2) is 37.6 Å². The number of carbonyl (C=O) groups is 1. The number of nitrogens with zero attached hydrogens (tertiary/aromatic N) is 1. The Balaban J connectivity index is 0.00000200. The van der Waals surface area contributed by atoms with Gasteiger partial charge in [-0.2, -0.15) is 0 Å². The van der Waals surface area contributed by atoms with Gasteiger partial charge in [-0.25, -0.2) is 4.39 Å². The third kappa shape index (κ3) is 3.41. The molecule has 1 saturated heterocycles. The average molecular weight is 303 g/mol. The highest BCUT2D eigenvalue weighted by Crippen LogP contribution is 2.25. The van der Waals surface area contributed by atoms with Crippen LogP contribution in [0.15, 0.2) is 18.2 Å². The van der Waals surface area contributed by atoms with E-state index in [9.17, 15) is 9.18 Å². The van der Waals surface area contributed by atoms with E-state index in [-0.39, 0.29) is 29.6 Å². The van der Waals surface area contributed by atoms with Crippen molar-refractivity contribution in [1.29, 1.82) is 0 Å². The summed E-state index contributed by atoms with van der Waals surface area (Å²) in [6.07, 6.45) is 1.93. The van der Waals surface area contributed by atoms with Gasteiger partial charge in [0.15, 0.2) is 0 Å². The van der Waals surface area contributed by atoms with Gasteiger partial charge < -0.3 is 15.4 Å². The molecule has 0 bridgehead atoms. The average Bonchev–Trinajstić information content (AvgIpc) is 2.46. The van der Waals surface area contributed by atoms with Crippen LogP contribution < -0.4 is 10.5 Å². The Kier molecular flexibility index (Phi) is 6.23. The number of halogens is 2. The van der Waals surface area contributed by atoms with Crippen molar-refractivity contribution in [3.8, 4) is 5.75 Å². The minimum Gasteiger partial charge on any atom is -0.496 e. The van der Waals surface area contributed by atoms with Crippen LogP contribution in [-0.2, 0) is 0 Å². The highest BCUT2D eigenvalue weighted by molar-refractivity contribution is 5.97. The quantitative estimate of drug-likeness (QED) is 0.930. The van der Waals surface area contributed by atoms with Crippen molar-refractivity contribution in [3.63, 3.8) is 0 Å². The predicted octanol–water partition coefficient (Wildman–Crippen LogP) is 2.07. The molecule has 2 rings (SSSR count). The zero-order valence-electron chi connectivity index (χ0n) is 11.5. The number of amides is 1. The molecule has 1 aliphatic heterocycles. The van der Waals surface area contributed by atoms with E-state index >= 15 is 0 Å². The van der Waals surface area contributed by atoms with E-state index in [1.165, 1.54) is 19.2 Å². The molecule has 0 radical (unpaired) electrons. The van der Waals surface area contributed by atoms with Gasteiger partial charge in [-0.05, 0) is 37.4 Å². The number of ether oxygens (including phenoxy) is 1. The molecule has 1 unspecified atom stereocenters. The Bertz CT molecular complexity index is 470. The third-order valence-electron chi connectivity index (χ3n) is 3.55. The molecule has 6 heteroatoms. The Morgan fingerprint density at radius 2 is 2.30 bits per heavy atom. The van der Waals surface area contributed by atoms with E-state index in [0.29, 0.717) is 25.6 Å². The second kappa shape index (κ2) is 7.45. The maximum Gasteiger partial charge on any atom is 0.260 e. The summed E-state index contributed by atoms with van der Waals surface area (Å²) in [7, 11) is 1.43. The number of carbonyl (C=O) groups excluding carboxylic acids is 1. The van der Waals surface area contributed by atoms with Gasteiger partial charge in [0, 0.05) is 13.1 Å². The van der Waals surface area contributed by atoms with Crippen LogP contribution in [0.25, 0.3) is 0 Å². The first kappa shape index (κ1) is 16.7. The van der Waals surface area contributed by atoms with Crippen molar-refractivity contribution in [2.75, 3.05) is 26.7 Å². The van der Waals surface area contributed by atoms with Crippen LogP contribution in [0.3, 0.4) is 0 Å². The molecule has 1 aliphatic rings. The largest absolute Gasteiger partial charge is 0.496 e. The number of nitrogens with two attached hydrogens (primary N) is 1. The first-order valence-electron chi connectivity index (χ1n) is 6.49. The molecular formula is C14H20ClFN2O2. The van der Waals surface area contributed by atoms with Crippen LogP contribution in [0, 0.1) is 11.7 Å². The summed E-state index contributed by atoms with van der Waals surface area (Å²) in [5.41, 5.74) is 5.67. The summed E-state index contributed by atoms with van der Waals surface area (Å²) in [5.74, 6) is -0.275. The van der Waals surface area contributed by atoms with Crippen molar-refractivity contribution in [3.05, 3.63) is 29.6 Å². The van der Waals surface area contributed by atoms with Gasteiger partial charge in [-0.3, -0.25) is 4.79 Å². The first-order chi connectivity index (χ1) is 9.17. The molecule has 0 saturated carbocycles. The van der Waals surface area contributed by atoms with Crippen LogP contribution in [0.1, 0.15) is 23.2 Å². The Morgan fingerprint density at radius 3 is 2.95 bits per heavy atom. The van der Waals surface area contributed by atoms with Gasteiger partial charge in [-0.1, -0.05) is 6.07 Å². The van der Waals surface area contributed by atoms with E-state index in [2.05, 4.69) is 0 Å². The van der Waals surface area contributed by atoms with E-state index in [1.54, 1.807) is 11.0 Å². The fourth-order valence-corrected chi connectivity index (χ4v) is 2.48. The number of piperidine rings is 1. The Labute approximate surface area is 124 Å². The van der Waals surface area contributed by atoms with Gasteiger partial charge >= 0.3 is 0 Å². The predicted molar refractivity (Wildman–Crippen MR) is 77.9 cm³/mol. The van der Waals surface area contributed by atoms with Crippen LogP contribution in [0.2, 0.25) is 0 Å². The first-order valence-corrected chi connectivity index (χ1v) is 6.49. The van der Waals surface area contributed by atoms with Crippen LogP contribution in [0.5, 0.6) is 5.75 Å². The summed E-state index contributed by atoms with van der Waals surface area (Å²) >= 11 is 0. The summed E-state index contributed by atoms with van der Waals surface area (Å²) in [6.45, 7) is 1.79. The van der Waals surface area contributed by atoms with Crippen molar-refractivity contribution in [2.45, 2.75) is 12.8 Å². The molecule has 112 valence electrons. The normalized spacial score (nSPS) is 18.4. The lowest BCUT2D eigenvalue weighted by molar-refractivity contribution is 0.0670. The molecule has 0 spiro atoms. The fraction of sp³-hybridized carbons (Fsp3) is 0.500. The number of benzene rings is 1. The molecule has 1 aromatic rings. The number of hydrogen-bond acceptors (Lipinski definition) is 3. The number of rotatable bonds is 3. The molecule has 2 N–H and O–H groups in total. The molecule has 20 heavy (non-hydrogen) atoms. The van der Waals surface area contributed by atoms with E-state index < -0.39 is 5.82 Å². The highest BCUT2D eigenvalue weighted by atomic mass is 35.5. The summed E-state index contributed by atoms with van der Waals surface area (Å²) < 4.78 is 18.9. The molecule has 4 nitrogen and oxygen atoms in total. The molecule has 1 fully saturated rings. The Morgan fingerprint density at radius 1 is 1.55 bits per heavy atom. The van der Waals surface area contributed by atoms with Gasteiger partial charge in [0.2, 0.25) is 0 Å². The molecule has 1 aromatic carbocycles. The second-order valence-corrected chi connectivity index (χ2v) is 4.81. The lowest BCUT2D eigenvalue weighted by atomic mass is 9.97. The van der Waals surface area contributed by atoms with Crippen molar-refractivity contribution in [2.24, 2.45) is 11.7 Å². The van der Waals surface area contributed by atoms with Gasteiger partial charge in [0.1, 0.15) is 17.1 Å². The molecule has 1 amide bonds. The zero-order valence-corrected chi connectivity index (χ0v) is 12.3. The molecule has 1 atom stereocenters. The summed E-state index contributed by atoms with van der Waals surface area (Å²) in [5, 5.41) is 0. The zero-order chi connectivity index (χ0) is 13.8. The SMILES string of the molecule is COc1cccc(F)c1C(=O)N1CCCC(CN)C1.Cl. The lowest BCUT2D eigenvalue weighted by Crippen LogP contribution is -2.42. The molecule has 0 aromatic heterocycles. The molecular weight excluding hydrogens is 283 g/mol. The molecule has 1 heterocycles. The number of methoxy groups -OCH3 is 1. The number of hydrogen-bond donors (Lipinski definition) is 1. The monoisotopic (exact) mass is 302 g/mol. The van der Waals surface area contributed by atoms with Crippen LogP contribution >= 0.6 is 12.4 Å². The van der Waals surface area contributed by atoms with E-state index in [4.69, 9.17) is 10.5 Å². The fourth-order valence-electron chi connectivity index (χ4n) is 2.48. The smallest absolute Gasteiger partial charge is 0.260 e. The van der Waals surface area contributed by atoms with E-state index in [0.717, 1.165) is 12.8 Å². The lowest BCUT2D eigenvalue weighted by Gasteiger charge is -2.32. The molecule has 0 aliphatic carbocycles.